The maximum absolute atomic E-state index is 9.78. The van der Waals surface area contributed by atoms with Crippen LogP contribution in [-0.2, 0) is 13.0 Å². The Kier molecular flexibility index (Phi) is 7.77. The predicted molar refractivity (Wildman–Crippen MR) is 128 cm³/mol. The highest BCUT2D eigenvalue weighted by Crippen LogP contribution is 2.30. The van der Waals surface area contributed by atoms with Crippen LogP contribution in [0.4, 0.5) is 0 Å². The molecule has 1 atom stereocenters. The highest BCUT2D eigenvalue weighted by atomic mass is 127. The van der Waals surface area contributed by atoms with Gasteiger partial charge < -0.3 is 20.1 Å². The van der Waals surface area contributed by atoms with E-state index < -0.39 is 0 Å². The molecule has 2 aliphatic rings. The van der Waals surface area contributed by atoms with Gasteiger partial charge in [-0.25, -0.2) is 4.99 Å². The van der Waals surface area contributed by atoms with E-state index in [2.05, 4.69) is 59.6 Å². The summed E-state index contributed by atoms with van der Waals surface area (Å²) in [5.41, 5.74) is 4.94. The lowest BCUT2D eigenvalue weighted by Gasteiger charge is -2.21. The molecule has 5 nitrogen and oxygen atoms in total. The Morgan fingerprint density at radius 1 is 1.21 bits per heavy atom. The SMILES string of the molecule is CCNC(=NCc1ccc(-c2ccc3c(c2)CCCO3)cc1)N1CC[C@@H](O)C1.I. The maximum Gasteiger partial charge on any atom is 0.194 e. The molecular formula is C23H30IN3O2. The van der Waals surface area contributed by atoms with Crippen LogP contribution in [-0.4, -0.2) is 48.3 Å². The molecule has 29 heavy (non-hydrogen) atoms. The van der Waals surface area contributed by atoms with Crippen molar-refractivity contribution in [1.29, 1.82) is 0 Å². The summed E-state index contributed by atoms with van der Waals surface area (Å²) in [6.07, 6.45) is 2.75. The standard InChI is InChI=1S/C23H29N3O2.HI/c1-2-24-23(26-12-11-21(27)16-26)25-15-17-5-7-18(8-6-17)19-9-10-22-20(14-19)4-3-13-28-22;/h5-10,14,21,27H,2-4,11-13,15-16H2,1H3,(H,24,25);1H/t21-;/m1./s1. The van der Waals surface area contributed by atoms with Crippen LogP contribution in [0.2, 0.25) is 0 Å². The highest BCUT2D eigenvalue weighted by Gasteiger charge is 2.22. The number of likely N-dealkylation sites (tertiary alicyclic amines) is 1. The van der Waals surface area contributed by atoms with Gasteiger partial charge in [0.05, 0.1) is 19.3 Å². The summed E-state index contributed by atoms with van der Waals surface area (Å²) in [5, 5.41) is 13.1. The van der Waals surface area contributed by atoms with Gasteiger partial charge in [0.25, 0.3) is 0 Å². The Labute approximate surface area is 190 Å². The smallest absolute Gasteiger partial charge is 0.194 e. The number of aryl methyl sites for hydroxylation is 1. The van der Waals surface area contributed by atoms with Crippen molar-refractivity contribution in [1.82, 2.24) is 10.2 Å². The van der Waals surface area contributed by atoms with E-state index in [4.69, 9.17) is 9.73 Å². The van der Waals surface area contributed by atoms with Crippen LogP contribution in [0.25, 0.3) is 11.1 Å². The Hall–Kier alpha value is -1.80. The minimum absolute atomic E-state index is 0. The first-order valence-electron chi connectivity index (χ1n) is 10.3. The van der Waals surface area contributed by atoms with Crippen LogP contribution >= 0.6 is 24.0 Å². The van der Waals surface area contributed by atoms with E-state index in [0.29, 0.717) is 13.1 Å². The second-order valence-corrected chi connectivity index (χ2v) is 7.53. The first kappa shape index (κ1) is 21.9. The number of fused-ring (bicyclic) bond motifs is 1. The van der Waals surface area contributed by atoms with Gasteiger partial charge in [0.15, 0.2) is 5.96 Å². The Morgan fingerprint density at radius 2 is 2.00 bits per heavy atom. The number of aliphatic imine (C=N–C) groups is 1. The van der Waals surface area contributed by atoms with Crippen LogP contribution in [0.5, 0.6) is 5.75 Å². The Balaban J connectivity index is 0.00000240. The zero-order valence-corrected chi connectivity index (χ0v) is 19.3. The van der Waals surface area contributed by atoms with Gasteiger partial charge in [0.1, 0.15) is 5.75 Å². The number of aliphatic hydroxyl groups is 1. The van der Waals surface area contributed by atoms with Gasteiger partial charge in [0, 0.05) is 19.6 Å². The minimum atomic E-state index is -0.245. The van der Waals surface area contributed by atoms with Crippen LogP contribution in [0.15, 0.2) is 47.5 Å². The minimum Gasteiger partial charge on any atom is -0.493 e. The molecule has 0 spiro atoms. The Bertz CT molecular complexity index is 839. The van der Waals surface area contributed by atoms with Crippen molar-refractivity contribution in [2.45, 2.75) is 38.8 Å². The lowest BCUT2D eigenvalue weighted by atomic mass is 9.98. The van der Waals surface area contributed by atoms with Crippen molar-refractivity contribution in [3.05, 3.63) is 53.6 Å². The van der Waals surface area contributed by atoms with Crippen LogP contribution in [0, 0.1) is 0 Å². The number of nitrogens with zero attached hydrogens (tertiary/aromatic N) is 2. The van der Waals surface area contributed by atoms with E-state index in [1.165, 1.54) is 22.3 Å². The summed E-state index contributed by atoms with van der Waals surface area (Å²) in [6.45, 7) is 5.87. The predicted octanol–water partition coefficient (Wildman–Crippen LogP) is 3.83. The number of nitrogens with one attached hydrogen (secondary N) is 1. The molecular weight excluding hydrogens is 477 g/mol. The van der Waals surface area contributed by atoms with Gasteiger partial charge in [0.2, 0.25) is 0 Å². The molecule has 156 valence electrons. The zero-order chi connectivity index (χ0) is 19.3. The number of halogens is 1. The average molecular weight is 507 g/mol. The molecule has 0 bridgehead atoms. The number of hydrogen-bond donors (Lipinski definition) is 2. The first-order chi connectivity index (χ1) is 13.7. The van der Waals surface area contributed by atoms with Crippen molar-refractivity contribution in [2.24, 2.45) is 4.99 Å². The lowest BCUT2D eigenvalue weighted by Crippen LogP contribution is -2.40. The molecule has 0 saturated carbocycles. The summed E-state index contributed by atoms with van der Waals surface area (Å²) < 4.78 is 5.72. The molecule has 2 N–H and O–H groups in total. The lowest BCUT2D eigenvalue weighted by molar-refractivity contribution is 0.188. The largest absolute Gasteiger partial charge is 0.493 e. The molecule has 0 amide bonds. The third kappa shape index (κ3) is 5.42. The third-order valence-electron chi connectivity index (χ3n) is 5.40. The highest BCUT2D eigenvalue weighted by molar-refractivity contribution is 14.0. The number of hydrogen-bond acceptors (Lipinski definition) is 3. The van der Waals surface area contributed by atoms with Gasteiger partial charge in [-0.15, -0.1) is 24.0 Å². The summed E-state index contributed by atoms with van der Waals surface area (Å²) in [5.74, 6) is 1.92. The molecule has 4 rings (SSSR count). The quantitative estimate of drug-likeness (QED) is 0.376. The number of rotatable bonds is 4. The van der Waals surface area contributed by atoms with Gasteiger partial charge in [-0.3, -0.25) is 0 Å². The van der Waals surface area contributed by atoms with Gasteiger partial charge in [-0.1, -0.05) is 30.3 Å². The van der Waals surface area contributed by atoms with Crippen molar-refractivity contribution in [3.8, 4) is 16.9 Å². The van der Waals surface area contributed by atoms with Crippen LogP contribution in [0.3, 0.4) is 0 Å². The van der Waals surface area contributed by atoms with E-state index in [1.54, 1.807) is 0 Å². The molecule has 2 aliphatic heterocycles. The molecule has 2 aromatic carbocycles. The van der Waals surface area contributed by atoms with Gasteiger partial charge in [-0.2, -0.15) is 0 Å². The van der Waals surface area contributed by atoms with Crippen LogP contribution in [0.1, 0.15) is 30.9 Å². The second kappa shape index (κ2) is 10.3. The fraction of sp³-hybridized carbons (Fsp3) is 0.435. The topological polar surface area (TPSA) is 57.1 Å². The van der Waals surface area contributed by atoms with Crippen molar-refractivity contribution < 1.29 is 9.84 Å². The maximum atomic E-state index is 9.78. The summed E-state index contributed by atoms with van der Waals surface area (Å²) in [7, 11) is 0. The van der Waals surface area contributed by atoms with Crippen molar-refractivity contribution in [2.75, 3.05) is 26.2 Å². The normalized spacial score (nSPS) is 18.6. The molecule has 6 heteroatoms. The van der Waals surface area contributed by atoms with Gasteiger partial charge in [-0.05, 0) is 60.6 Å². The molecule has 2 aromatic rings. The van der Waals surface area contributed by atoms with Crippen molar-refractivity contribution >= 4 is 29.9 Å². The van der Waals surface area contributed by atoms with Crippen LogP contribution < -0.4 is 10.1 Å². The fourth-order valence-corrected chi connectivity index (χ4v) is 3.87. The monoisotopic (exact) mass is 507 g/mol. The van der Waals surface area contributed by atoms with E-state index >= 15 is 0 Å². The number of benzene rings is 2. The third-order valence-corrected chi connectivity index (χ3v) is 5.40. The fourth-order valence-electron chi connectivity index (χ4n) is 3.87. The average Bonchev–Trinajstić information content (AvgIpc) is 3.17. The summed E-state index contributed by atoms with van der Waals surface area (Å²) in [6, 6.07) is 15.1. The molecule has 2 heterocycles. The zero-order valence-electron chi connectivity index (χ0n) is 16.9. The second-order valence-electron chi connectivity index (χ2n) is 7.53. The summed E-state index contributed by atoms with van der Waals surface area (Å²) in [4.78, 5) is 6.90. The van der Waals surface area contributed by atoms with Crippen molar-refractivity contribution in [3.63, 3.8) is 0 Å². The van der Waals surface area contributed by atoms with Gasteiger partial charge >= 0.3 is 0 Å². The number of ether oxygens (including phenoxy) is 1. The molecule has 1 saturated heterocycles. The van der Waals surface area contributed by atoms with E-state index in [-0.39, 0.29) is 30.1 Å². The summed E-state index contributed by atoms with van der Waals surface area (Å²) >= 11 is 0. The molecule has 0 aromatic heterocycles. The first-order valence-corrected chi connectivity index (χ1v) is 10.3. The van der Waals surface area contributed by atoms with E-state index in [9.17, 15) is 5.11 Å². The van der Waals surface area contributed by atoms with E-state index in [0.717, 1.165) is 50.7 Å². The molecule has 0 unspecified atom stereocenters. The molecule has 1 fully saturated rings. The number of guanidine groups is 1. The molecule has 0 aliphatic carbocycles. The van der Waals surface area contributed by atoms with E-state index in [1.807, 2.05) is 0 Å². The Morgan fingerprint density at radius 3 is 2.72 bits per heavy atom. The molecule has 0 radical (unpaired) electrons. The number of β-amino-alcohol motifs (C(OH)–C–C–N with tert-alkyl or cyclic N) is 1. The number of aliphatic hydroxyl groups excluding tert-OH is 1.